The topological polar surface area (TPSA) is 55.1 Å². The largest absolute Gasteiger partial charge is 0.350 e. The molecule has 0 bridgehead atoms. The first-order chi connectivity index (χ1) is 8.60. The van der Waals surface area contributed by atoms with E-state index in [0.29, 0.717) is 6.54 Å². The summed E-state index contributed by atoms with van der Waals surface area (Å²) in [6.45, 7) is 0.329. The van der Waals surface area contributed by atoms with Crippen LogP contribution in [0.2, 0.25) is 0 Å². The highest BCUT2D eigenvalue weighted by Crippen LogP contribution is 2.26. The molecule has 3 nitrogen and oxygen atoms in total. The number of rotatable bonds is 3. The fraction of sp³-hybridized carbons (Fsp3) is 0.500. The Bertz CT molecular complexity index is 433. The van der Waals surface area contributed by atoms with Gasteiger partial charge >= 0.3 is 0 Å². The molecule has 0 saturated heterocycles. The number of halogens is 2. The second kappa shape index (κ2) is 6.87. The summed E-state index contributed by atoms with van der Waals surface area (Å²) in [4.78, 5) is 12.0. The van der Waals surface area contributed by atoms with Crippen molar-refractivity contribution in [2.24, 2.45) is 5.73 Å². The van der Waals surface area contributed by atoms with Gasteiger partial charge in [-0.15, -0.1) is 12.4 Å². The molecule has 1 aromatic rings. The molecule has 0 heterocycles. The van der Waals surface area contributed by atoms with Gasteiger partial charge in [-0.2, -0.15) is 0 Å². The Balaban J connectivity index is 0.00000180. The van der Waals surface area contributed by atoms with Gasteiger partial charge in [0.05, 0.1) is 5.54 Å². The number of carbonyl (C=O) groups is 1. The molecule has 0 radical (unpaired) electrons. The monoisotopic (exact) mass is 286 g/mol. The molecule has 0 aliphatic heterocycles. The number of benzene rings is 1. The molecule has 0 atom stereocenters. The Morgan fingerprint density at radius 1 is 1.32 bits per heavy atom. The van der Waals surface area contributed by atoms with Crippen molar-refractivity contribution in [3.63, 3.8) is 0 Å². The van der Waals surface area contributed by atoms with E-state index in [1.54, 1.807) is 12.1 Å². The average Bonchev–Trinajstić information content (AvgIpc) is 2.37. The predicted octanol–water partition coefficient (Wildman–Crippen LogP) is 2.53. The van der Waals surface area contributed by atoms with E-state index in [1.165, 1.54) is 12.1 Å². The average molecular weight is 287 g/mol. The molecule has 1 aliphatic carbocycles. The fourth-order valence-corrected chi connectivity index (χ4v) is 2.42. The van der Waals surface area contributed by atoms with E-state index in [-0.39, 0.29) is 24.1 Å². The van der Waals surface area contributed by atoms with E-state index >= 15 is 0 Å². The summed E-state index contributed by atoms with van der Waals surface area (Å²) in [6.07, 6.45) is 4.63. The first kappa shape index (κ1) is 15.9. The van der Waals surface area contributed by atoms with Crippen LogP contribution in [-0.4, -0.2) is 11.4 Å². The van der Waals surface area contributed by atoms with Crippen LogP contribution in [0.4, 0.5) is 4.39 Å². The van der Waals surface area contributed by atoms with Crippen LogP contribution in [-0.2, 0) is 11.3 Å². The molecule has 3 N–H and O–H groups in total. The molecule has 5 heteroatoms. The van der Waals surface area contributed by atoms with E-state index in [1.807, 2.05) is 0 Å². The molecule has 1 fully saturated rings. The third-order valence-electron chi connectivity index (χ3n) is 3.54. The molecule has 2 rings (SSSR count). The van der Waals surface area contributed by atoms with Crippen LogP contribution in [0.1, 0.15) is 37.7 Å². The van der Waals surface area contributed by atoms with Gasteiger partial charge in [-0.25, -0.2) is 4.39 Å². The summed E-state index contributed by atoms with van der Waals surface area (Å²) in [7, 11) is 0. The number of hydrogen-bond donors (Lipinski definition) is 2. The maximum atomic E-state index is 13.0. The van der Waals surface area contributed by atoms with Crippen LogP contribution in [0.5, 0.6) is 0 Å². The lowest BCUT2D eigenvalue weighted by Crippen LogP contribution is -2.54. The lowest BCUT2D eigenvalue weighted by molar-refractivity contribution is -0.127. The van der Waals surface area contributed by atoms with Gasteiger partial charge < -0.3 is 11.1 Å². The summed E-state index contributed by atoms with van der Waals surface area (Å²) in [6, 6.07) is 6.23. The van der Waals surface area contributed by atoms with Gasteiger partial charge in [-0.3, -0.25) is 4.79 Å². The highest BCUT2D eigenvalue weighted by atomic mass is 35.5. The zero-order chi connectivity index (χ0) is 13.0. The summed E-state index contributed by atoms with van der Waals surface area (Å²) in [5, 5.41) is 2.81. The number of hydrogen-bond acceptors (Lipinski definition) is 2. The number of nitrogens with one attached hydrogen (secondary N) is 1. The van der Waals surface area contributed by atoms with Crippen molar-refractivity contribution in [2.45, 2.75) is 44.2 Å². The first-order valence-corrected chi connectivity index (χ1v) is 6.42. The van der Waals surface area contributed by atoms with Crippen LogP contribution in [0.3, 0.4) is 0 Å². The van der Waals surface area contributed by atoms with Crippen molar-refractivity contribution in [3.8, 4) is 0 Å². The van der Waals surface area contributed by atoms with Crippen molar-refractivity contribution in [1.29, 1.82) is 0 Å². The van der Waals surface area contributed by atoms with Gasteiger partial charge in [0.1, 0.15) is 5.82 Å². The lowest BCUT2D eigenvalue weighted by Gasteiger charge is -2.31. The van der Waals surface area contributed by atoms with Crippen LogP contribution in [0.15, 0.2) is 24.3 Å². The summed E-state index contributed by atoms with van der Waals surface area (Å²) in [5.41, 5.74) is 6.13. The number of amides is 1. The molecular weight excluding hydrogens is 267 g/mol. The van der Waals surface area contributed by atoms with E-state index in [0.717, 1.165) is 37.7 Å². The number of nitrogens with two attached hydrogens (primary N) is 1. The lowest BCUT2D eigenvalue weighted by atomic mass is 9.82. The fourth-order valence-electron chi connectivity index (χ4n) is 2.42. The summed E-state index contributed by atoms with van der Waals surface area (Å²) >= 11 is 0. The molecule has 106 valence electrons. The third kappa shape index (κ3) is 4.18. The maximum absolute atomic E-state index is 13.0. The first-order valence-electron chi connectivity index (χ1n) is 6.42. The molecule has 1 aromatic carbocycles. The highest BCUT2D eigenvalue weighted by Gasteiger charge is 2.34. The van der Waals surface area contributed by atoms with Crippen molar-refractivity contribution in [1.82, 2.24) is 5.32 Å². The minimum Gasteiger partial charge on any atom is -0.350 e. The molecule has 0 aromatic heterocycles. The van der Waals surface area contributed by atoms with Crippen LogP contribution in [0.25, 0.3) is 0 Å². The van der Waals surface area contributed by atoms with Gasteiger partial charge in [0.25, 0.3) is 0 Å². The third-order valence-corrected chi connectivity index (χ3v) is 3.54. The van der Waals surface area contributed by atoms with Gasteiger partial charge in [0, 0.05) is 6.54 Å². The molecule has 1 saturated carbocycles. The van der Waals surface area contributed by atoms with Crippen molar-refractivity contribution in [2.75, 3.05) is 0 Å². The van der Waals surface area contributed by atoms with E-state index < -0.39 is 5.54 Å². The Morgan fingerprint density at radius 2 is 2.00 bits per heavy atom. The predicted molar refractivity (Wildman–Crippen MR) is 75.5 cm³/mol. The smallest absolute Gasteiger partial charge is 0.240 e. The second-order valence-electron chi connectivity index (χ2n) is 5.03. The van der Waals surface area contributed by atoms with Crippen LogP contribution < -0.4 is 11.1 Å². The van der Waals surface area contributed by atoms with Crippen LogP contribution in [0, 0.1) is 5.82 Å². The molecule has 0 unspecified atom stereocenters. The Morgan fingerprint density at radius 3 is 2.63 bits per heavy atom. The molecule has 1 amide bonds. The van der Waals surface area contributed by atoms with Crippen molar-refractivity contribution in [3.05, 3.63) is 35.6 Å². The Labute approximate surface area is 119 Å². The summed E-state index contributed by atoms with van der Waals surface area (Å²) < 4.78 is 13.0. The molecular formula is C14H20ClFN2O. The van der Waals surface area contributed by atoms with Gasteiger partial charge in [-0.1, -0.05) is 31.4 Å². The Hall–Kier alpha value is -1.13. The standard InChI is InChI=1S/C14H19FN2O.ClH/c15-12-6-4-5-11(9-12)10-17-13(18)14(16)7-2-1-3-8-14;/h4-6,9H,1-3,7-8,10,16H2,(H,17,18);1H. The van der Waals surface area contributed by atoms with Gasteiger partial charge in [-0.05, 0) is 30.5 Å². The van der Waals surface area contributed by atoms with Gasteiger partial charge in [0.2, 0.25) is 5.91 Å². The van der Waals surface area contributed by atoms with E-state index in [9.17, 15) is 9.18 Å². The quantitative estimate of drug-likeness (QED) is 0.897. The minimum absolute atomic E-state index is 0. The molecule has 19 heavy (non-hydrogen) atoms. The SMILES string of the molecule is Cl.NC1(C(=O)NCc2cccc(F)c2)CCCCC1. The molecule has 1 aliphatic rings. The second-order valence-corrected chi connectivity index (χ2v) is 5.03. The van der Waals surface area contributed by atoms with Crippen molar-refractivity contribution < 1.29 is 9.18 Å². The summed E-state index contributed by atoms with van der Waals surface area (Å²) in [5.74, 6) is -0.409. The zero-order valence-corrected chi connectivity index (χ0v) is 11.6. The van der Waals surface area contributed by atoms with Crippen LogP contribution >= 0.6 is 12.4 Å². The highest BCUT2D eigenvalue weighted by molar-refractivity contribution is 5.86. The minimum atomic E-state index is -0.731. The van der Waals surface area contributed by atoms with E-state index in [2.05, 4.69) is 5.32 Å². The maximum Gasteiger partial charge on any atom is 0.240 e. The van der Waals surface area contributed by atoms with Crippen molar-refractivity contribution >= 4 is 18.3 Å². The van der Waals surface area contributed by atoms with Gasteiger partial charge in [0.15, 0.2) is 0 Å². The van der Waals surface area contributed by atoms with E-state index in [4.69, 9.17) is 5.73 Å². The Kier molecular flexibility index (Phi) is 5.76. The molecule has 0 spiro atoms. The normalized spacial score (nSPS) is 17.4. The number of carbonyl (C=O) groups excluding carboxylic acids is 1. The zero-order valence-electron chi connectivity index (χ0n) is 10.8.